The average Bonchev–Trinajstić information content (AvgIpc) is 3.16. The molecule has 0 saturated heterocycles. The van der Waals surface area contributed by atoms with Crippen molar-refractivity contribution in [3.05, 3.63) is 76.3 Å². The van der Waals surface area contributed by atoms with Crippen LogP contribution in [-0.4, -0.2) is 27.7 Å². The number of amides is 2. The molecule has 0 aliphatic rings. The number of benzene rings is 2. The number of anilines is 2. The van der Waals surface area contributed by atoms with Gasteiger partial charge in [0, 0.05) is 35.0 Å². The Labute approximate surface area is 169 Å². The first-order valence-electron chi connectivity index (χ1n) is 8.01. The van der Waals surface area contributed by atoms with E-state index in [0.717, 1.165) is 5.56 Å². The van der Waals surface area contributed by atoms with Crippen LogP contribution in [0, 0.1) is 10.1 Å². The van der Waals surface area contributed by atoms with Crippen LogP contribution in [-0.2, 0) is 0 Å². The van der Waals surface area contributed by atoms with Crippen molar-refractivity contribution in [2.24, 2.45) is 0 Å². The van der Waals surface area contributed by atoms with Crippen LogP contribution in [0.4, 0.5) is 21.3 Å². The molecule has 1 aromatic heterocycles. The maximum atomic E-state index is 12.7. The lowest BCUT2D eigenvalue weighted by Gasteiger charge is -2.18. The molecule has 0 aliphatic carbocycles. The Morgan fingerprint density at radius 1 is 1.21 bits per heavy atom. The molecule has 28 heavy (non-hydrogen) atoms. The maximum Gasteiger partial charge on any atom is 0.328 e. The van der Waals surface area contributed by atoms with Gasteiger partial charge in [0.15, 0.2) is 0 Å². The van der Waals surface area contributed by atoms with E-state index in [1.807, 2.05) is 12.1 Å². The number of halogens is 1. The minimum atomic E-state index is -0.505. The molecule has 10 heteroatoms. The van der Waals surface area contributed by atoms with Gasteiger partial charge in [-0.25, -0.2) is 4.79 Å². The number of carbonyl (C=O) groups is 1. The summed E-state index contributed by atoms with van der Waals surface area (Å²) < 4.78 is 0. The average molecular weight is 416 g/mol. The minimum Gasteiger partial charge on any atom is -0.307 e. The van der Waals surface area contributed by atoms with E-state index in [-0.39, 0.29) is 12.2 Å². The number of non-ortho nitro benzene ring substituents is 1. The molecular formula is C18H14ClN5O3S. The third kappa shape index (κ3) is 4.51. The molecule has 0 saturated carbocycles. The van der Waals surface area contributed by atoms with E-state index >= 15 is 0 Å². The summed E-state index contributed by atoms with van der Waals surface area (Å²) in [5.41, 5.74) is 1.20. The standard InChI is InChI=1S/C18H14ClN5O3S/c1-2-11-23(17(25)20-14-7-9-15(10-8-14)24(26)27)18-22-21-16(28-18)12-3-5-13(19)6-4-12/h2-10H,1,11H2,(H,20,25). The quantitative estimate of drug-likeness (QED) is 0.347. The number of rotatable bonds is 6. The first-order chi connectivity index (χ1) is 13.5. The molecule has 0 unspecified atom stereocenters. The third-order valence-corrected chi connectivity index (χ3v) is 4.87. The highest BCUT2D eigenvalue weighted by Crippen LogP contribution is 2.30. The van der Waals surface area contributed by atoms with Crippen molar-refractivity contribution in [3.63, 3.8) is 0 Å². The highest BCUT2D eigenvalue weighted by molar-refractivity contribution is 7.18. The predicted molar refractivity (Wildman–Crippen MR) is 110 cm³/mol. The Hall–Kier alpha value is -3.30. The summed E-state index contributed by atoms with van der Waals surface area (Å²) in [6.45, 7) is 3.88. The van der Waals surface area contributed by atoms with Crippen molar-refractivity contribution in [2.75, 3.05) is 16.8 Å². The monoisotopic (exact) mass is 415 g/mol. The molecule has 1 N–H and O–H groups in total. The SMILES string of the molecule is C=CCN(C(=O)Nc1ccc([N+](=O)[O-])cc1)c1nnc(-c2ccc(Cl)cc2)s1. The molecule has 0 spiro atoms. The second-order valence-electron chi connectivity index (χ2n) is 5.53. The van der Waals surface area contributed by atoms with Crippen LogP contribution in [0.5, 0.6) is 0 Å². The van der Waals surface area contributed by atoms with E-state index in [2.05, 4.69) is 22.1 Å². The van der Waals surface area contributed by atoms with Gasteiger partial charge in [0.25, 0.3) is 5.69 Å². The van der Waals surface area contributed by atoms with Crippen molar-refractivity contribution < 1.29 is 9.72 Å². The molecule has 2 amide bonds. The predicted octanol–water partition coefficient (Wildman–Crippen LogP) is 4.99. The summed E-state index contributed by atoms with van der Waals surface area (Å²) in [5, 5.41) is 23.3. The van der Waals surface area contributed by atoms with Crippen molar-refractivity contribution in [1.82, 2.24) is 10.2 Å². The number of nitro groups is 1. The summed E-state index contributed by atoms with van der Waals surface area (Å²) >= 11 is 7.15. The lowest BCUT2D eigenvalue weighted by molar-refractivity contribution is -0.384. The molecule has 3 rings (SSSR count). The normalized spacial score (nSPS) is 10.3. The topological polar surface area (TPSA) is 101 Å². The molecule has 0 fully saturated rings. The van der Waals surface area contributed by atoms with Gasteiger partial charge in [0.2, 0.25) is 5.13 Å². The van der Waals surface area contributed by atoms with Crippen LogP contribution in [0.2, 0.25) is 5.02 Å². The Morgan fingerprint density at radius 3 is 2.50 bits per heavy atom. The molecule has 2 aromatic carbocycles. The fourth-order valence-corrected chi connectivity index (χ4v) is 3.25. The highest BCUT2D eigenvalue weighted by Gasteiger charge is 2.20. The zero-order valence-electron chi connectivity index (χ0n) is 14.4. The van der Waals surface area contributed by atoms with Gasteiger partial charge in [-0.1, -0.05) is 41.1 Å². The van der Waals surface area contributed by atoms with Crippen LogP contribution in [0.1, 0.15) is 0 Å². The van der Waals surface area contributed by atoms with E-state index in [4.69, 9.17) is 11.6 Å². The van der Waals surface area contributed by atoms with Crippen LogP contribution >= 0.6 is 22.9 Å². The number of nitrogens with zero attached hydrogens (tertiary/aromatic N) is 4. The molecule has 0 radical (unpaired) electrons. The van der Waals surface area contributed by atoms with Gasteiger partial charge in [-0.3, -0.25) is 15.0 Å². The Morgan fingerprint density at radius 2 is 1.89 bits per heavy atom. The van der Waals surface area contributed by atoms with Gasteiger partial charge in [0.05, 0.1) is 4.92 Å². The number of nitro benzene ring substituents is 1. The van der Waals surface area contributed by atoms with Gasteiger partial charge in [0.1, 0.15) is 5.01 Å². The molecule has 0 atom stereocenters. The maximum absolute atomic E-state index is 12.7. The first kappa shape index (κ1) is 19.5. The lowest BCUT2D eigenvalue weighted by atomic mass is 10.2. The Balaban J connectivity index is 1.79. The zero-order chi connectivity index (χ0) is 20.1. The number of hydrogen-bond acceptors (Lipinski definition) is 6. The van der Waals surface area contributed by atoms with Gasteiger partial charge in [-0.15, -0.1) is 16.8 Å². The van der Waals surface area contributed by atoms with Crippen LogP contribution < -0.4 is 10.2 Å². The molecular weight excluding hydrogens is 402 g/mol. The van der Waals surface area contributed by atoms with E-state index < -0.39 is 11.0 Å². The number of urea groups is 1. The molecule has 1 heterocycles. The van der Waals surface area contributed by atoms with Gasteiger partial charge >= 0.3 is 6.03 Å². The van der Waals surface area contributed by atoms with Gasteiger partial charge < -0.3 is 5.32 Å². The fraction of sp³-hybridized carbons (Fsp3) is 0.0556. The summed E-state index contributed by atoms with van der Waals surface area (Å²) in [7, 11) is 0. The third-order valence-electron chi connectivity index (χ3n) is 3.62. The number of carbonyl (C=O) groups excluding carboxylic acids is 1. The van der Waals surface area contributed by atoms with E-state index in [1.165, 1.54) is 40.5 Å². The highest BCUT2D eigenvalue weighted by atomic mass is 35.5. The van der Waals surface area contributed by atoms with E-state index in [1.54, 1.807) is 18.2 Å². The number of hydrogen-bond donors (Lipinski definition) is 1. The van der Waals surface area contributed by atoms with Crippen LogP contribution in [0.15, 0.2) is 61.2 Å². The van der Waals surface area contributed by atoms with Crippen molar-refractivity contribution in [3.8, 4) is 10.6 Å². The second kappa shape index (κ2) is 8.59. The summed E-state index contributed by atoms with van der Waals surface area (Å²) in [4.78, 5) is 24.3. The molecule has 0 bridgehead atoms. The smallest absolute Gasteiger partial charge is 0.307 e. The molecule has 8 nitrogen and oxygen atoms in total. The van der Waals surface area contributed by atoms with Gasteiger partial charge in [-0.2, -0.15) is 0 Å². The first-order valence-corrected chi connectivity index (χ1v) is 9.20. The molecule has 3 aromatic rings. The number of aromatic nitrogens is 2. The fourth-order valence-electron chi connectivity index (χ4n) is 2.27. The number of nitrogens with one attached hydrogen (secondary N) is 1. The lowest BCUT2D eigenvalue weighted by Crippen LogP contribution is -2.35. The van der Waals surface area contributed by atoms with Gasteiger partial charge in [-0.05, 0) is 24.3 Å². The molecule has 0 aliphatic heterocycles. The van der Waals surface area contributed by atoms with E-state index in [9.17, 15) is 14.9 Å². The van der Waals surface area contributed by atoms with Crippen LogP contribution in [0.25, 0.3) is 10.6 Å². The zero-order valence-corrected chi connectivity index (χ0v) is 16.0. The Kier molecular flexibility index (Phi) is 5.97. The minimum absolute atomic E-state index is 0.0577. The van der Waals surface area contributed by atoms with Crippen molar-refractivity contribution >= 4 is 45.5 Å². The van der Waals surface area contributed by atoms with Crippen LogP contribution in [0.3, 0.4) is 0 Å². The summed E-state index contributed by atoms with van der Waals surface area (Å²) in [6, 6.07) is 12.2. The molecule has 142 valence electrons. The Bertz CT molecular complexity index is 1000. The summed E-state index contributed by atoms with van der Waals surface area (Å²) in [5.74, 6) is 0. The largest absolute Gasteiger partial charge is 0.328 e. The van der Waals surface area contributed by atoms with Crippen molar-refractivity contribution in [1.29, 1.82) is 0 Å². The second-order valence-corrected chi connectivity index (χ2v) is 6.92. The van der Waals surface area contributed by atoms with Crippen molar-refractivity contribution in [2.45, 2.75) is 0 Å². The van der Waals surface area contributed by atoms with E-state index in [0.29, 0.717) is 20.8 Å². The summed E-state index contributed by atoms with van der Waals surface area (Å²) in [6.07, 6.45) is 1.57.